The molecule has 9 heteroatoms. The monoisotopic (exact) mass is 347 g/mol. The van der Waals surface area contributed by atoms with Gasteiger partial charge in [0.15, 0.2) is 0 Å². The molecule has 0 spiro atoms. The molecule has 0 bridgehead atoms. The van der Waals surface area contributed by atoms with Crippen LogP contribution < -0.4 is 15.8 Å². The second-order valence-corrected chi connectivity index (χ2v) is 5.86. The average molecular weight is 347 g/mol. The first-order valence-corrected chi connectivity index (χ1v) is 7.62. The first-order valence-electron chi connectivity index (χ1n) is 7.62. The molecule has 3 N–H and O–H groups in total. The summed E-state index contributed by atoms with van der Waals surface area (Å²) in [5, 5.41) is 6.49. The maximum Gasteiger partial charge on any atom is 0.418 e. The van der Waals surface area contributed by atoms with Crippen molar-refractivity contribution >= 4 is 17.8 Å². The van der Waals surface area contributed by atoms with Gasteiger partial charge in [-0.2, -0.15) is 0 Å². The fraction of sp³-hybridized carbons (Fsp3) is 0.312. The third-order valence-corrected chi connectivity index (χ3v) is 3.88. The van der Waals surface area contributed by atoms with Crippen LogP contribution in [0.2, 0.25) is 0 Å². The summed E-state index contributed by atoms with van der Waals surface area (Å²) in [4.78, 5) is 16.2. The van der Waals surface area contributed by atoms with Gasteiger partial charge in [0.2, 0.25) is 5.88 Å². The SMILES string of the molecule is Cn1ccc(OC(=O)Nc2ccc(F)c([C@]3(C)CCOC(N)=N3)c2)n1. The van der Waals surface area contributed by atoms with E-state index in [0.29, 0.717) is 24.3 Å². The van der Waals surface area contributed by atoms with Crippen LogP contribution in [0, 0.1) is 5.82 Å². The number of anilines is 1. The van der Waals surface area contributed by atoms with E-state index in [4.69, 9.17) is 15.2 Å². The standard InChI is InChI=1S/C16H18FN5O3/c1-16(6-8-24-14(18)20-16)11-9-10(3-4-12(11)17)19-15(23)25-13-5-7-22(2)21-13/h3-5,7,9H,6,8H2,1-2H3,(H2,18,20)(H,19,23)/t16-/m0/s1. The second-order valence-electron chi connectivity index (χ2n) is 5.86. The molecule has 132 valence electrons. The number of carbonyl (C=O) groups excluding carboxylic acids is 1. The molecule has 1 aliphatic heterocycles. The van der Waals surface area contributed by atoms with Gasteiger partial charge in [-0.05, 0) is 25.1 Å². The summed E-state index contributed by atoms with van der Waals surface area (Å²) in [5.74, 6) is -0.277. The molecule has 2 aromatic rings. The number of halogens is 1. The van der Waals surface area contributed by atoms with Crippen molar-refractivity contribution in [3.8, 4) is 5.88 Å². The number of nitrogens with zero attached hydrogens (tertiary/aromatic N) is 3. The molecule has 8 nitrogen and oxygen atoms in total. The second kappa shape index (κ2) is 6.42. The molecule has 0 aliphatic carbocycles. The maximum atomic E-state index is 14.3. The Morgan fingerprint density at radius 2 is 2.28 bits per heavy atom. The van der Waals surface area contributed by atoms with E-state index in [1.54, 1.807) is 26.2 Å². The van der Waals surface area contributed by atoms with Crippen molar-refractivity contribution in [2.75, 3.05) is 11.9 Å². The molecular weight excluding hydrogens is 329 g/mol. The summed E-state index contributed by atoms with van der Waals surface area (Å²) >= 11 is 0. The minimum Gasteiger partial charge on any atom is -0.465 e. The normalized spacial score (nSPS) is 19.7. The number of hydrogen-bond donors (Lipinski definition) is 2. The van der Waals surface area contributed by atoms with Crippen LogP contribution in [-0.2, 0) is 17.3 Å². The number of aromatic nitrogens is 2. The van der Waals surface area contributed by atoms with Gasteiger partial charge in [-0.3, -0.25) is 10.00 Å². The number of carbonyl (C=O) groups is 1. The molecule has 1 aromatic heterocycles. The first-order chi connectivity index (χ1) is 11.9. The van der Waals surface area contributed by atoms with Crippen LogP contribution in [0.15, 0.2) is 35.5 Å². The topological polar surface area (TPSA) is 104 Å². The van der Waals surface area contributed by atoms with Crippen molar-refractivity contribution in [1.82, 2.24) is 9.78 Å². The van der Waals surface area contributed by atoms with Crippen LogP contribution in [0.3, 0.4) is 0 Å². The quantitative estimate of drug-likeness (QED) is 0.885. The van der Waals surface area contributed by atoms with Crippen molar-refractivity contribution in [2.45, 2.75) is 18.9 Å². The number of benzene rings is 1. The Kier molecular flexibility index (Phi) is 4.30. The minimum absolute atomic E-state index is 0.0149. The van der Waals surface area contributed by atoms with Crippen LogP contribution in [0.1, 0.15) is 18.9 Å². The van der Waals surface area contributed by atoms with Gasteiger partial charge in [-0.25, -0.2) is 14.2 Å². The van der Waals surface area contributed by atoms with Crippen molar-refractivity contribution in [3.63, 3.8) is 0 Å². The van der Waals surface area contributed by atoms with E-state index in [-0.39, 0.29) is 11.9 Å². The molecule has 1 atom stereocenters. The van der Waals surface area contributed by atoms with E-state index in [1.165, 1.54) is 22.9 Å². The van der Waals surface area contributed by atoms with Gasteiger partial charge in [0.25, 0.3) is 6.02 Å². The lowest BCUT2D eigenvalue weighted by Gasteiger charge is -2.30. The van der Waals surface area contributed by atoms with Crippen molar-refractivity contribution in [1.29, 1.82) is 0 Å². The lowest BCUT2D eigenvalue weighted by Crippen LogP contribution is -2.34. The maximum absolute atomic E-state index is 14.3. The van der Waals surface area contributed by atoms with Gasteiger partial charge in [0.1, 0.15) is 5.82 Å². The third kappa shape index (κ3) is 3.70. The van der Waals surface area contributed by atoms with Crippen LogP contribution >= 0.6 is 0 Å². The Balaban J connectivity index is 1.79. The highest BCUT2D eigenvalue weighted by Gasteiger charge is 2.33. The summed E-state index contributed by atoms with van der Waals surface area (Å²) in [5.41, 5.74) is 5.43. The molecular formula is C16H18FN5O3. The number of aliphatic imine (C=N–C) groups is 1. The van der Waals surface area contributed by atoms with E-state index in [0.717, 1.165) is 0 Å². The number of amides is 1. The molecule has 0 radical (unpaired) electrons. The van der Waals surface area contributed by atoms with Crippen LogP contribution in [0.5, 0.6) is 5.88 Å². The third-order valence-electron chi connectivity index (χ3n) is 3.88. The zero-order valence-electron chi connectivity index (χ0n) is 13.8. The summed E-state index contributed by atoms with van der Waals surface area (Å²) < 4.78 is 26.0. The van der Waals surface area contributed by atoms with Gasteiger partial charge < -0.3 is 15.2 Å². The molecule has 1 aromatic carbocycles. The summed E-state index contributed by atoms with van der Waals surface area (Å²) in [6, 6.07) is 5.78. The van der Waals surface area contributed by atoms with Crippen molar-refractivity contribution in [2.24, 2.45) is 17.8 Å². The van der Waals surface area contributed by atoms with E-state index in [2.05, 4.69) is 15.4 Å². The van der Waals surface area contributed by atoms with Gasteiger partial charge in [0.05, 0.1) is 12.1 Å². The molecule has 3 rings (SSSR count). The molecule has 0 saturated heterocycles. The Morgan fingerprint density at radius 1 is 1.48 bits per heavy atom. The van der Waals surface area contributed by atoms with Crippen LogP contribution in [-0.4, -0.2) is 28.5 Å². The predicted octanol–water partition coefficient (Wildman–Crippen LogP) is 2.12. The molecule has 25 heavy (non-hydrogen) atoms. The average Bonchev–Trinajstić information content (AvgIpc) is 2.93. The highest BCUT2D eigenvalue weighted by atomic mass is 19.1. The Labute approximate surface area is 143 Å². The molecule has 0 fully saturated rings. The number of aryl methyl sites for hydroxylation is 1. The Hall–Kier alpha value is -3.10. The van der Waals surface area contributed by atoms with Gasteiger partial charge in [0, 0.05) is 37.0 Å². The van der Waals surface area contributed by atoms with E-state index < -0.39 is 17.4 Å². The number of nitrogens with one attached hydrogen (secondary N) is 1. The fourth-order valence-electron chi connectivity index (χ4n) is 2.58. The van der Waals surface area contributed by atoms with Gasteiger partial charge in [-0.15, -0.1) is 5.10 Å². The summed E-state index contributed by atoms with van der Waals surface area (Å²) in [6.07, 6.45) is 1.39. The predicted molar refractivity (Wildman–Crippen MR) is 88.8 cm³/mol. The van der Waals surface area contributed by atoms with Crippen molar-refractivity contribution in [3.05, 3.63) is 41.8 Å². The highest BCUT2D eigenvalue weighted by Crippen LogP contribution is 2.35. The van der Waals surface area contributed by atoms with Crippen LogP contribution in [0.25, 0.3) is 0 Å². The largest absolute Gasteiger partial charge is 0.465 e. The molecule has 0 saturated carbocycles. The van der Waals surface area contributed by atoms with Gasteiger partial charge >= 0.3 is 6.09 Å². The first kappa shape index (κ1) is 16.7. The number of nitrogens with two attached hydrogens (primary N) is 1. The lowest BCUT2D eigenvalue weighted by atomic mass is 9.88. The Bertz CT molecular complexity index is 835. The van der Waals surface area contributed by atoms with E-state index in [1.807, 2.05) is 0 Å². The summed E-state index contributed by atoms with van der Waals surface area (Å²) in [6.45, 7) is 2.10. The molecule has 1 aliphatic rings. The minimum atomic E-state index is -0.866. The van der Waals surface area contributed by atoms with E-state index >= 15 is 0 Å². The van der Waals surface area contributed by atoms with Gasteiger partial charge in [-0.1, -0.05) is 0 Å². The van der Waals surface area contributed by atoms with Crippen LogP contribution in [0.4, 0.5) is 14.9 Å². The fourth-order valence-corrected chi connectivity index (χ4v) is 2.58. The number of hydrogen-bond acceptors (Lipinski definition) is 6. The number of rotatable bonds is 3. The number of ether oxygens (including phenoxy) is 2. The molecule has 0 unspecified atom stereocenters. The molecule has 2 heterocycles. The zero-order valence-corrected chi connectivity index (χ0v) is 13.8. The smallest absolute Gasteiger partial charge is 0.418 e. The van der Waals surface area contributed by atoms with Crippen molar-refractivity contribution < 1.29 is 18.7 Å². The lowest BCUT2D eigenvalue weighted by molar-refractivity contribution is 0.212. The van der Waals surface area contributed by atoms with E-state index in [9.17, 15) is 9.18 Å². The summed E-state index contributed by atoms with van der Waals surface area (Å²) in [7, 11) is 1.71. The number of amidine groups is 1. The highest BCUT2D eigenvalue weighted by molar-refractivity contribution is 5.86. The molecule has 1 amide bonds. The zero-order chi connectivity index (χ0) is 18.0. The Morgan fingerprint density at radius 3 is 2.96 bits per heavy atom.